The Balaban J connectivity index is 1.46. The third kappa shape index (κ3) is 1.76. The van der Waals surface area contributed by atoms with E-state index in [1.54, 1.807) is 24.8 Å². The zero-order valence-corrected chi connectivity index (χ0v) is 14.7. The summed E-state index contributed by atoms with van der Waals surface area (Å²) in [6.45, 7) is 2.39. The highest BCUT2D eigenvalue weighted by Gasteiger charge is 2.61. The molecule has 2 heterocycles. The van der Waals surface area contributed by atoms with Gasteiger partial charge >= 0.3 is 0 Å². The second-order valence-electron chi connectivity index (χ2n) is 9.81. The first-order chi connectivity index (χ1) is 11.8. The molecule has 1 spiro atoms. The van der Waals surface area contributed by atoms with Crippen molar-refractivity contribution in [1.29, 1.82) is 0 Å². The van der Waals surface area contributed by atoms with Gasteiger partial charge in [-0.15, -0.1) is 0 Å². The number of nitrogens with one attached hydrogen (secondary N) is 2. The fourth-order valence-electron chi connectivity index (χ4n) is 8.19. The summed E-state index contributed by atoms with van der Waals surface area (Å²) < 4.78 is 0. The molecule has 0 amide bonds. The zero-order valence-electron chi connectivity index (χ0n) is 14.7. The predicted molar refractivity (Wildman–Crippen MR) is 98.2 cm³/mol. The number of hydrogen-bond acceptors (Lipinski definition) is 2. The lowest BCUT2D eigenvalue weighted by Gasteiger charge is -2.62. The van der Waals surface area contributed by atoms with Crippen LogP contribution in [-0.2, 0) is 5.41 Å². The average molecular weight is 322 g/mol. The van der Waals surface area contributed by atoms with Crippen molar-refractivity contribution in [1.82, 2.24) is 5.32 Å². The molecule has 1 atom stereocenters. The highest BCUT2D eigenvalue weighted by Crippen LogP contribution is 2.66. The Morgan fingerprint density at radius 3 is 2.12 bits per heavy atom. The van der Waals surface area contributed by atoms with E-state index in [4.69, 9.17) is 0 Å². The summed E-state index contributed by atoms with van der Waals surface area (Å²) >= 11 is 0. The van der Waals surface area contributed by atoms with Crippen LogP contribution in [0.5, 0.6) is 0 Å². The van der Waals surface area contributed by atoms with Gasteiger partial charge in [0, 0.05) is 17.1 Å². The fraction of sp³-hybridized carbons (Fsp3) is 0.727. The lowest BCUT2D eigenvalue weighted by Crippen LogP contribution is -2.60. The molecule has 24 heavy (non-hydrogen) atoms. The van der Waals surface area contributed by atoms with Gasteiger partial charge in [0.05, 0.1) is 0 Å². The van der Waals surface area contributed by atoms with Crippen molar-refractivity contribution in [2.45, 2.75) is 62.8 Å². The van der Waals surface area contributed by atoms with Crippen LogP contribution in [0.3, 0.4) is 0 Å². The molecule has 0 aromatic heterocycles. The minimum atomic E-state index is 0.396. The first kappa shape index (κ1) is 14.2. The molecule has 0 radical (unpaired) electrons. The summed E-state index contributed by atoms with van der Waals surface area (Å²) in [5, 5.41) is 7.76. The van der Waals surface area contributed by atoms with E-state index in [1.165, 1.54) is 50.9 Å². The minimum Gasteiger partial charge on any atom is -0.381 e. The van der Waals surface area contributed by atoms with E-state index < -0.39 is 0 Å². The monoisotopic (exact) mass is 322 g/mol. The van der Waals surface area contributed by atoms with Gasteiger partial charge in [0.2, 0.25) is 0 Å². The third-order valence-corrected chi connectivity index (χ3v) is 8.51. The van der Waals surface area contributed by atoms with Gasteiger partial charge in [-0.25, -0.2) is 0 Å². The molecule has 2 nitrogen and oxygen atoms in total. The van der Waals surface area contributed by atoms with E-state index in [2.05, 4.69) is 34.9 Å². The molecule has 2 N–H and O–H groups in total. The molecule has 4 bridgehead atoms. The Labute approximate surface area is 145 Å². The van der Waals surface area contributed by atoms with Crippen molar-refractivity contribution in [2.24, 2.45) is 23.2 Å². The summed E-state index contributed by atoms with van der Waals surface area (Å²) in [5.74, 6) is 3.13. The Hall–Kier alpha value is -1.02. The van der Waals surface area contributed by atoms with Gasteiger partial charge in [-0.2, -0.15) is 0 Å². The summed E-state index contributed by atoms with van der Waals surface area (Å²) in [6, 6.07) is 9.97. The van der Waals surface area contributed by atoms with Crippen LogP contribution in [-0.4, -0.2) is 19.1 Å². The normalized spacial score (nSPS) is 44.5. The Kier molecular flexibility index (Phi) is 2.83. The summed E-state index contributed by atoms with van der Waals surface area (Å²) in [4.78, 5) is 0. The van der Waals surface area contributed by atoms with Crippen molar-refractivity contribution in [2.75, 3.05) is 18.4 Å². The zero-order chi connectivity index (χ0) is 15.8. The first-order valence-electron chi connectivity index (χ1n) is 10.3. The van der Waals surface area contributed by atoms with E-state index in [9.17, 15) is 0 Å². The van der Waals surface area contributed by atoms with Crippen LogP contribution in [0.1, 0.15) is 56.9 Å². The number of hydrogen-bond donors (Lipinski definition) is 2. The maximum absolute atomic E-state index is 4.12. The average Bonchev–Trinajstić information content (AvgIpc) is 2.90. The SMILES string of the molecule is c1ccc2c(c1)NC(C13CC4CC(CC(C4)C1)C3)C21CCNCC1. The van der Waals surface area contributed by atoms with Crippen LogP contribution >= 0.6 is 0 Å². The van der Waals surface area contributed by atoms with Crippen LogP contribution in [0.4, 0.5) is 5.69 Å². The van der Waals surface area contributed by atoms with Gasteiger partial charge in [0.25, 0.3) is 0 Å². The van der Waals surface area contributed by atoms with Gasteiger partial charge in [0.15, 0.2) is 0 Å². The van der Waals surface area contributed by atoms with E-state index in [-0.39, 0.29) is 0 Å². The molecule has 1 aromatic carbocycles. The van der Waals surface area contributed by atoms with Crippen molar-refractivity contribution in [3.05, 3.63) is 29.8 Å². The number of para-hydroxylation sites is 1. The van der Waals surface area contributed by atoms with Crippen molar-refractivity contribution in [3.63, 3.8) is 0 Å². The number of piperidine rings is 1. The van der Waals surface area contributed by atoms with E-state index in [0.29, 0.717) is 16.9 Å². The molecule has 6 aliphatic rings. The minimum absolute atomic E-state index is 0.396. The molecule has 2 heteroatoms. The number of rotatable bonds is 1. The second-order valence-corrected chi connectivity index (χ2v) is 9.81. The van der Waals surface area contributed by atoms with Crippen molar-refractivity contribution in [3.8, 4) is 0 Å². The molecule has 128 valence electrons. The molecule has 1 unspecified atom stereocenters. The molecule has 4 saturated carbocycles. The van der Waals surface area contributed by atoms with Gasteiger partial charge in [-0.1, -0.05) is 18.2 Å². The van der Waals surface area contributed by atoms with Crippen LogP contribution < -0.4 is 10.6 Å². The molecular weight excluding hydrogens is 292 g/mol. The third-order valence-electron chi connectivity index (χ3n) is 8.51. The molecule has 2 aliphatic heterocycles. The Bertz CT molecular complexity index is 622. The standard InChI is InChI=1S/C22H30N2/c1-2-4-19-18(3-1)22(5-7-23-8-6-22)20(24-19)21-12-15-9-16(13-21)11-17(10-15)14-21/h1-4,15-17,20,23-24H,5-14H2. The van der Waals surface area contributed by atoms with Crippen LogP contribution in [0.2, 0.25) is 0 Å². The molecular formula is C22H30N2. The Morgan fingerprint density at radius 1 is 0.833 bits per heavy atom. The topological polar surface area (TPSA) is 24.1 Å². The highest BCUT2D eigenvalue weighted by molar-refractivity contribution is 5.63. The largest absolute Gasteiger partial charge is 0.381 e. The second kappa shape index (κ2) is 4.78. The van der Waals surface area contributed by atoms with Crippen molar-refractivity contribution < 1.29 is 0 Å². The molecule has 5 fully saturated rings. The van der Waals surface area contributed by atoms with Gasteiger partial charge in [-0.05, 0) is 99.3 Å². The maximum Gasteiger partial charge on any atom is 0.0416 e. The van der Waals surface area contributed by atoms with E-state index in [0.717, 1.165) is 17.8 Å². The van der Waals surface area contributed by atoms with E-state index >= 15 is 0 Å². The summed E-state index contributed by atoms with van der Waals surface area (Å²) in [7, 11) is 0. The molecule has 1 aromatic rings. The lowest BCUT2D eigenvalue weighted by molar-refractivity contribution is -0.0773. The lowest BCUT2D eigenvalue weighted by atomic mass is 9.44. The quantitative estimate of drug-likeness (QED) is 0.805. The number of anilines is 1. The highest BCUT2D eigenvalue weighted by atomic mass is 15.0. The summed E-state index contributed by atoms with van der Waals surface area (Å²) in [6.07, 6.45) is 11.8. The van der Waals surface area contributed by atoms with Gasteiger partial charge in [0.1, 0.15) is 0 Å². The van der Waals surface area contributed by atoms with Crippen LogP contribution in [0, 0.1) is 23.2 Å². The summed E-state index contributed by atoms with van der Waals surface area (Å²) in [5.41, 5.74) is 4.09. The van der Waals surface area contributed by atoms with Crippen LogP contribution in [0.25, 0.3) is 0 Å². The predicted octanol–water partition coefficient (Wildman–Crippen LogP) is 4.32. The molecule has 7 rings (SSSR count). The van der Waals surface area contributed by atoms with E-state index in [1.807, 2.05) is 0 Å². The first-order valence-corrected chi connectivity index (χ1v) is 10.3. The fourth-order valence-corrected chi connectivity index (χ4v) is 8.19. The maximum atomic E-state index is 4.12. The number of benzene rings is 1. The number of fused-ring (bicyclic) bond motifs is 2. The Morgan fingerprint density at radius 2 is 1.46 bits per heavy atom. The smallest absolute Gasteiger partial charge is 0.0416 e. The van der Waals surface area contributed by atoms with Gasteiger partial charge < -0.3 is 10.6 Å². The van der Waals surface area contributed by atoms with Crippen molar-refractivity contribution >= 4 is 5.69 Å². The molecule has 4 aliphatic carbocycles. The molecule has 1 saturated heterocycles. The van der Waals surface area contributed by atoms with Crippen LogP contribution in [0.15, 0.2) is 24.3 Å². The van der Waals surface area contributed by atoms with Gasteiger partial charge in [-0.3, -0.25) is 0 Å².